The molecule has 82 valence electrons. The molecule has 1 aromatic heterocycles. The molecule has 1 N–H and O–H groups in total. The number of halogens is 1. The Hall–Kier alpha value is -1.36. The summed E-state index contributed by atoms with van der Waals surface area (Å²) >= 11 is 5.62. The second-order valence-electron chi connectivity index (χ2n) is 3.15. The molecular formula is C9H11ClN2O3. The molecule has 0 bridgehead atoms. The van der Waals surface area contributed by atoms with Crippen LogP contribution in [0.5, 0.6) is 6.01 Å². The quantitative estimate of drug-likeness (QED) is 0.798. The SMILES string of the molecule is CCC(C)(Oc1nccc(Cl)n1)C(=O)O. The number of aromatic nitrogens is 2. The van der Waals surface area contributed by atoms with Gasteiger partial charge in [0.1, 0.15) is 5.15 Å². The predicted octanol–water partition coefficient (Wildman–Crippen LogP) is 1.76. The van der Waals surface area contributed by atoms with Crippen molar-refractivity contribution in [2.45, 2.75) is 25.9 Å². The van der Waals surface area contributed by atoms with Crippen molar-refractivity contribution in [2.75, 3.05) is 0 Å². The maximum Gasteiger partial charge on any atom is 0.347 e. The van der Waals surface area contributed by atoms with Crippen LogP contribution in [0.25, 0.3) is 0 Å². The summed E-state index contributed by atoms with van der Waals surface area (Å²) in [5, 5.41) is 9.16. The van der Waals surface area contributed by atoms with Crippen LogP contribution in [-0.4, -0.2) is 26.6 Å². The van der Waals surface area contributed by atoms with E-state index in [1.54, 1.807) is 6.92 Å². The molecule has 0 saturated heterocycles. The number of ether oxygens (including phenoxy) is 1. The maximum absolute atomic E-state index is 10.9. The van der Waals surface area contributed by atoms with E-state index in [9.17, 15) is 4.79 Å². The Kier molecular flexibility index (Phi) is 3.47. The van der Waals surface area contributed by atoms with Crippen molar-refractivity contribution in [3.05, 3.63) is 17.4 Å². The Morgan fingerprint density at radius 1 is 1.73 bits per heavy atom. The largest absolute Gasteiger partial charge is 0.478 e. The molecule has 5 nitrogen and oxygen atoms in total. The minimum atomic E-state index is -1.33. The molecule has 0 aromatic carbocycles. The minimum absolute atomic E-state index is 0.0331. The van der Waals surface area contributed by atoms with Crippen molar-refractivity contribution in [2.24, 2.45) is 0 Å². The van der Waals surface area contributed by atoms with Gasteiger partial charge in [0.15, 0.2) is 0 Å². The molecule has 15 heavy (non-hydrogen) atoms. The number of aliphatic carboxylic acids is 1. The number of rotatable bonds is 4. The monoisotopic (exact) mass is 230 g/mol. The van der Waals surface area contributed by atoms with Crippen LogP contribution < -0.4 is 4.74 Å². The van der Waals surface area contributed by atoms with Crippen molar-refractivity contribution < 1.29 is 14.6 Å². The highest BCUT2D eigenvalue weighted by atomic mass is 35.5. The first-order chi connectivity index (χ1) is 6.98. The van der Waals surface area contributed by atoms with Gasteiger partial charge in [-0.1, -0.05) is 18.5 Å². The van der Waals surface area contributed by atoms with Crippen molar-refractivity contribution in [1.29, 1.82) is 0 Å². The molecule has 0 spiro atoms. The summed E-state index contributed by atoms with van der Waals surface area (Å²) in [4.78, 5) is 18.5. The number of hydrogen-bond donors (Lipinski definition) is 1. The van der Waals surface area contributed by atoms with E-state index in [2.05, 4.69) is 9.97 Å². The zero-order valence-electron chi connectivity index (χ0n) is 8.40. The number of carboxylic acid groups (broad SMARTS) is 1. The minimum Gasteiger partial charge on any atom is -0.478 e. The number of carbonyl (C=O) groups is 1. The molecular weight excluding hydrogens is 220 g/mol. The van der Waals surface area contributed by atoms with E-state index in [-0.39, 0.29) is 11.2 Å². The van der Waals surface area contributed by atoms with E-state index in [4.69, 9.17) is 21.4 Å². The van der Waals surface area contributed by atoms with E-state index in [1.165, 1.54) is 19.2 Å². The summed E-state index contributed by atoms with van der Waals surface area (Å²) in [6.45, 7) is 3.16. The molecule has 0 radical (unpaired) electrons. The van der Waals surface area contributed by atoms with Crippen LogP contribution in [0.3, 0.4) is 0 Å². The Balaban J connectivity index is 2.89. The summed E-state index contributed by atoms with van der Waals surface area (Å²) in [5.41, 5.74) is -1.33. The third-order valence-electron chi connectivity index (χ3n) is 2.04. The highest BCUT2D eigenvalue weighted by Crippen LogP contribution is 2.19. The summed E-state index contributed by atoms with van der Waals surface area (Å²) in [7, 11) is 0. The highest BCUT2D eigenvalue weighted by molar-refractivity contribution is 6.29. The maximum atomic E-state index is 10.9. The fraction of sp³-hybridized carbons (Fsp3) is 0.444. The molecule has 1 atom stereocenters. The second kappa shape index (κ2) is 4.44. The fourth-order valence-corrected chi connectivity index (χ4v) is 0.966. The number of hydrogen-bond acceptors (Lipinski definition) is 4. The number of nitrogens with zero attached hydrogens (tertiary/aromatic N) is 2. The Morgan fingerprint density at radius 3 is 2.87 bits per heavy atom. The van der Waals surface area contributed by atoms with Crippen LogP contribution in [0.2, 0.25) is 5.15 Å². The topological polar surface area (TPSA) is 72.3 Å². The van der Waals surface area contributed by atoms with E-state index in [0.29, 0.717) is 6.42 Å². The molecule has 6 heteroatoms. The van der Waals surface area contributed by atoms with E-state index >= 15 is 0 Å². The van der Waals surface area contributed by atoms with Crippen LogP contribution >= 0.6 is 11.6 Å². The van der Waals surface area contributed by atoms with E-state index in [0.717, 1.165) is 0 Å². The van der Waals surface area contributed by atoms with Gasteiger partial charge >= 0.3 is 12.0 Å². The third-order valence-corrected chi connectivity index (χ3v) is 2.25. The standard InChI is InChI=1S/C9H11ClN2O3/c1-3-9(2,7(13)14)15-8-11-5-4-6(10)12-8/h4-5H,3H2,1-2H3,(H,13,14). The first-order valence-corrected chi connectivity index (χ1v) is 4.76. The van der Waals surface area contributed by atoms with Gasteiger partial charge in [-0.15, -0.1) is 0 Å². The molecule has 1 aromatic rings. The highest BCUT2D eigenvalue weighted by Gasteiger charge is 2.34. The molecule has 0 fully saturated rings. The third kappa shape index (κ3) is 2.79. The average Bonchev–Trinajstić information content (AvgIpc) is 2.17. The van der Waals surface area contributed by atoms with Gasteiger partial charge in [0.2, 0.25) is 5.60 Å². The normalized spacial score (nSPS) is 14.3. The summed E-state index contributed by atoms with van der Waals surface area (Å²) < 4.78 is 5.19. The summed E-state index contributed by atoms with van der Waals surface area (Å²) in [5.74, 6) is -1.06. The average molecular weight is 231 g/mol. The van der Waals surface area contributed by atoms with Gasteiger partial charge < -0.3 is 9.84 Å². The molecule has 0 aliphatic carbocycles. The van der Waals surface area contributed by atoms with Crippen molar-refractivity contribution in [3.63, 3.8) is 0 Å². The van der Waals surface area contributed by atoms with Crippen LogP contribution in [0, 0.1) is 0 Å². The lowest BCUT2D eigenvalue weighted by molar-refractivity contribution is -0.154. The van der Waals surface area contributed by atoms with Gasteiger partial charge in [0.05, 0.1) is 0 Å². The predicted molar refractivity (Wildman–Crippen MR) is 54.0 cm³/mol. The Bertz CT molecular complexity index is 372. The Morgan fingerprint density at radius 2 is 2.40 bits per heavy atom. The van der Waals surface area contributed by atoms with Crippen molar-refractivity contribution in [3.8, 4) is 6.01 Å². The number of carboxylic acids is 1. The van der Waals surface area contributed by atoms with Crippen molar-refractivity contribution in [1.82, 2.24) is 9.97 Å². The molecule has 0 aliphatic rings. The lowest BCUT2D eigenvalue weighted by Crippen LogP contribution is -2.41. The van der Waals surface area contributed by atoms with Gasteiger partial charge in [-0.3, -0.25) is 0 Å². The summed E-state index contributed by atoms with van der Waals surface area (Å²) in [6, 6.07) is 1.45. The van der Waals surface area contributed by atoms with Crippen LogP contribution in [0.15, 0.2) is 12.3 Å². The van der Waals surface area contributed by atoms with Crippen LogP contribution in [-0.2, 0) is 4.79 Å². The lowest BCUT2D eigenvalue weighted by Gasteiger charge is -2.22. The molecule has 0 amide bonds. The lowest BCUT2D eigenvalue weighted by atomic mass is 10.0. The van der Waals surface area contributed by atoms with E-state index in [1.807, 2.05) is 0 Å². The first-order valence-electron chi connectivity index (χ1n) is 4.39. The van der Waals surface area contributed by atoms with Crippen LogP contribution in [0.1, 0.15) is 20.3 Å². The molecule has 1 heterocycles. The zero-order valence-corrected chi connectivity index (χ0v) is 9.15. The van der Waals surface area contributed by atoms with E-state index < -0.39 is 11.6 Å². The van der Waals surface area contributed by atoms with Crippen molar-refractivity contribution >= 4 is 17.6 Å². The zero-order chi connectivity index (χ0) is 11.5. The van der Waals surface area contributed by atoms with Gasteiger partial charge in [0.25, 0.3) is 0 Å². The summed E-state index contributed by atoms with van der Waals surface area (Å²) in [6.07, 6.45) is 1.71. The molecule has 1 unspecified atom stereocenters. The first kappa shape index (κ1) is 11.7. The van der Waals surface area contributed by atoms with Gasteiger partial charge in [-0.2, -0.15) is 4.98 Å². The van der Waals surface area contributed by atoms with Crippen LogP contribution in [0.4, 0.5) is 0 Å². The van der Waals surface area contributed by atoms with Gasteiger partial charge in [-0.05, 0) is 19.4 Å². The van der Waals surface area contributed by atoms with Gasteiger partial charge in [0, 0.05) is 6.20 Å². The second-order valence-corrected chi connectivity index (χ2v) is 3.54. The Labute approximate surface area is 92.1 Å². The molecule has 0 aliphatic heterocycles. The smallest absolute Gasteiger partial charge is 0.347 e. The molecule has 1 rings (SSSR count). The fourth-order valence-electron chi connectivity index (χ4n) is 0.838. The van der Waals surface area contributed by atoms with Gasteiger partial charge in [-0.25, -0.2) is 9.78 Å². The molecule has 0 saturated carbocycles.